The van der Waals surface area contributed by atoms with E-state index in [1.807, 2.05) is 42.5 Å². The molecule has 6 aromatic rings. The molecule has 0 amide bonds. The van der Waals surface area contributed by atoms with Gasteiger partial charge in [0.15, 0.2) is 0 Å². The summed E-state index contributed by atoms with van der Waals surface area (Å²) in [4.78, 5) is 5.57. The second kappa shape index (κ2) is 9.33. The summed E-state index contributed by atoms with van der Waals surface area (Å²) >= 11 is 0. The van der Waals surface area contributed by atoms with E-state index in [4.69, 9.17) is 5.73 Å². The zero-order valence-corrected chi connectivity index (χ0v) is 18.2. The Morgan fingerprint density at radius 3 is 1.45 bits per heavy atom. The molecule has 0 spiro atoms. The predicted octanol–water partition coefficient (Wildman–Crippen LogP) is 8.06. The predicted molar refractivity (Wildman–Crippen MR) is 141 cm³/mol. The van der Waals surface area contributed by atoms with Crippen LogP contribution in [-0.4, -0.2) is 4.98 Å². The summed E-state index contributed by atoms with van der Waals surface area (Å²) in [5, 5.41) is 2.43. The molecule has 0 aliphatic rings. The highest BCUT2D eigenvalue weighted by Gasteiger charge is 2.10. The average Bonchev–Trinajstić information content (AvgIpc) is 3.27. The molecule has 3 heteroatoms. The molecule has 0 saturated heterocycles. The van der Waals surface area contributed by atoms with Crippen LogP contribution < -0.4 is 10.6 Å². The minimum Gasteiger partial charge on any atom is -0.397 e. The molecule has 0 radical (unpaired) electrons. The van der Waals surface area contributed by atoms with E-state index in [1.165, 1.54) is 27.8 Å². The second-order valence-corrected chi connectivity index (χ2v) is 7.78. The first kappa shape index (κ1) is 20.4. The van der Waals surface area contributed by atoms with Gasteiger partial charge >= 0.3 is 0 Å². The third-order valence-electron chi connectivity index (χ3n) is 5.62. The van der Waals surface area contributed by atoms with Crippen LogP contribution in [0.25, 0.3) is 21.8 Å². The number of nitrogens with two attached hydrogens (primary N) is 1. The van der Waals surface area contributed by atoms with Gasteiger partial charge in [-0.2, -0.15) is 0 Å². The van der Waals surface area contributed by atoms with Crippen LogP contribution in [0.15, 0.2) is 133 Å². The van der Waals surface area contributed by atoms with E-state index in [2.05, 4.69) is 101 Å². The molecule has 0 unspecified atom stereocenters. The van der Waals surface area contributed by atoms with Crippen molar-refractivity contribution < 1.29 is 0 Å². The number of fused-ring (bicyclic) bond motifs is 3. The summed E-state index contributed by atoms with van der Waals surface area (Å²) in [6.45, 7) is 0. The molecule has 3 N–H and O–H groups in total. The van der Waals surface area contributed by atoms with Crippen molar-refractivity contribution in [2.45, 2.75) is 0 Å². The number of nitrogens with zero attached hydrogens (tertiary/aromatic N) is 1. The number of hydrogen-bond donors (Lipinski definition) is 2. The minimum absolute atomic E-state index is 0.804. The Kier molecular flexibility index (Phi) is 5.77. The maximum Gasteiger partial charge on any atom is 0.0698 e. The van der Waals surface area contributed by atoms with Crippen LogP contribution in [0.2, 0.25) is 0 Å². The molecule has 0 aliphatic heterocycles. The van der Waals surface area contributed by atoms with E-state index >= 15 is 0 Å². The van der Waals surface area contributed by atoms with Crippen LogP contribution >= 0.6 is 0 Å². The molecule has 0 atom stereocenters. The van der Waals surface area contributed by atoms with Crippen molar-refractivity contribution >= 4 is 44.6 Å². The van der Waals surface area contributed by atoms with Gasteiger partial charge in [0.25, 0.3) is 0 Å². The molecular formula is C30H25N3. The molecule has 5 aromatic carbocycles. The lowest BCUT2D eigenvalue weighted by atomic mass is 10.1. The van der Waals surface area contributed by atoms with Crippen LogP contribution in [0, 0.1) is 0 Å². The summed E-state index contributed by atoms with van der Waals surface area (Å²) in [5.41, 5.74) is 12.4. The quantitative estimate of drug-likeness (QED) is 0.281. The number of H-pyrrole nitrogens is 1. The van der Waals surface area contributed by atoms with Gasteiger partial charge in [-0.15, -0.1) is 0 Å². The standard InChI is InChI=1S/C18H15N.C12H10N2/c1-4-10-16(11-5-1)19(17-12-6-2-7-13-17)18-14-8-3-9-15-18;13-10-6-3-5-9-8-4-1-2-7-11(8)14-12(9)10/h1-15H;1-7,14H,13H2. The molecule has 0 saturated carbocycles. The maximum absolute atomic E-state index is 5.89. The van der Waals surface area contributed by atoms with Crippen molar-refractivity contribution in [2.24, 2.45) is 0 Å². The Morgan fingerprint density at radius 1 is 0.455 bits per heavy atom. The molecule has 0 fully saturated rings. The van der Waals surface area contributed by atoms with Gasteiger partial charge in [0.05, 0.1) is 11.2 Å². The van der Waals surface area contributed by atoms with E-state index in [-0.39, 0.29) is 0 Å². The lowest BCUT2D eigenvalue weighted by molar-refractivity contribution is 1.28. The number of aromatic nitrogens is 1. The molecule has 33 heavy (non-hydrogen) atoms. The maximum atomic E-state index is 5.89. The van der Waals surface area contributed by atoms with E-state index in [0.29, 0.717) is 0 Å². The second-order valence-electron chi connectivity index (χ2n) is 7.78. The molecule has 0 aliphatic carbocycles. The van der Waals surface area contributed by atoms with Crippen molar-refractivity contribution in [3.63, 3.8) is 0 Å². The Morgan fingerprint density at radius 2 is 0.909 bits per heavy atom. The largest absolute Gasteiger partial charge is 0.397 e. The number of nitrogen functional groups attached to an aromatic ring is 1. The normalized spacial score (nSPS) is 10.5. The minimum atomic E-state index is 0.804. The smallest absolute Gasteiger partial charge is 0.0698 e. The van der Waals surface area contributed by atoms with Crippen LogP contribution in [0.5, 0.6) is 0 Å². The molecule has 1 heterocycles. The molecule has 0 bridgehead atoms. The number of aromatic amines is 1. The van der Waals surface area contributed by atoms with Crippen molar-refractivity contribution in [1.82, 2.24) is 4.98 Å². The summed E-state index contributed by atoms with van der Waals surface area (Å²) in [6.07, 6.45) is 0. The summed E-state index contributed by atoms with van der Waals surface area (Å²) in [5.74, 6) is 0. The SMILES string of the molecule is Nc1cccc2c1[nH]c1ccccc12.c1ccc(N(c2ccccc2)c2ccccc2)cc1. The van der Waals surface area contributed by atoms with Crippen LogP contribution in [-0.2, 0) is 0 Å². The van der Waals surface area contributed by atoms with Crippen molar-refractivity contribution in [1.29, 1.82) is 0 Å². The Balaban J connectivity index is 0.000000144. The lowest BCUT2D eigenvalue weighted by Crippen LogP contribution is -2.09. The van der Waals surface area contributed by atoms with Crippen LogP contribution in [0.4, 0.5) is 22.7 Å². The summed E-state index contributed by atoms with van der Waals surface area (Å²) < 4.78 is 0. The number of rotatable bonds is 3. The zero-order valence-electron chi connectivity index (χ0n) is 18.2. The van der Waals surface area contributed by atoms with Gasteiger partial charge < -0.3 is 15.6 Å². The highest BCUT2D eigenvalue weighted by molar-refractivity contribution is 6.10. The Bertz CT molecular complexity index is 1360. The van der Waals surface area contributed by atoms with Crippen molar-refractivity contribution in [3.8, 4) is 0 Å². The third kappa shape index (κ3) is 4.30. The van der Waals surface area contributed by atoms with Gasteiger partial charge in [0.1, 0.15) is 0 Å². The molecule has 1 aromatic heterocycles. The van der Waals surface area contributed by atoms with Crippen LogP contribution in [0.3, 0.4) is 0 Å². The number of anilines is 4. The fourth-order valence-electron chi connectivity index (χ4n) is 4.07. The van der Waals surface area contributed by atoms with Gasteiger partial charge in [-0.05, 0) is 48.5 Å². The monoisotopic (exact) mass is 427 g/mol. The first-order valence-corrected chi connectivity index (χ1v) is 11.0. The van der Waals surface area contributed by atoms with E-state index < -0.39 is 0 Å². The van der Waals surface area contributed by atoms with Gasteiger partial charge in [0, 0.05) is 33.4 Å². The Labute approximate surface area is 193 Å². The van der Waals surface area contributed by atoms with Crippen molar-refractivity contribution in [3.05, 3.63) is 133 Å². The first-order chi connectivity index (χ1) is 16.3. The highest BCUT2D eigenvalue weighted by Crippen LogP contribution is 2.33. The zero-order chi connectivity index (χ0) is 22.5. The molecule has 160 valence electrons. The third-order valence-corrected chi connectivity index (χ3v) is 5.62. The fraction of sp³-hybridized carbons (Fsp3) is 0. The number of nitrogens with one attached hydrogen (secondary N) is 1. The van der Waals surface area contributed by atoms with E-state index in [1.54, 1.807) is 0 Å². The first-order valence-electron chi connectivity index (χ1n) is 11.0. The molecule has 6 rings (SSSR count). The molecular weight excluding hydrogens is 402 g/mol. The fourth-order valence-corrected chi connectivity index (χ4v) is 4.07. The van der Waals surface area contributed by atoms with Gasteiger partial charge in [-0.3, -0.25) is 0 Å². The summed E-state index contributed by atoms with van der Waals surface area (Å²) in [6, 6.07) is 45.5. The summed E-state index contributed by atoms with van der Waals surface area (Å²) in [7, 11) is 0. The van der Waals surface area contributed by atoms with Crippen molar-refractivity contribution in [2.75, 3.05) is 10.6 Å². The molecule has 3 nitrogen and oxygen atoms in total. The van der Waals surface area contributed by atoms with Gasteiger partial charge in [0.2, 0.25) is 0 Å². The highest BCUT2D eigenvalue weighted by atomic mass is 15.1. The Hall–Kier alpha value is -4.50. The average molecular weight is 428 g/mol. The van der Waals surface area contributed by atoms with E-state index in [9.17, 15) is 0 Å². The van der Waals surface area contributed by atoms with Gasteiger partial charge in [-0.1, -0.05) is 84.9 Å². The topological polar surface area (TPSA) is 45.1 Å². The lowest BCUT2D eigenvalue weighted by Gasteiger charge is -2.25. The number of benzene rings is 5. The number of para-hydroxylation sites is 5. The van der Waals surface area contributed by atoms with Crippen LogP contribution in [0.1, 0.15) is 0 Å². The number of hydrogen-bond acceptors (Lipinski definition) is 2. The van der Waals surface area contributed by atoms with E-state index in [0.717, 1.165) is 16.7 Å². The van der Waals surface area contributed by atoms with Gasteiger partial charge in [-0.25, -0.2) is 0 Å².